The van der Waals surface area contributed by atoms with Crippen molar-refractivity contribution < 1.29 is 9.53 Å². The fraction of sp³-hybridized carbons (Fsp3) is 0.455. The molecule has 0 radical (unpaired) electrons. The van der Waals surface area contributed by atoms with E-state index in [1.807, 2.05) is 25.1 Å². The van der Waals surface area contributed by atoms with Crippen molar-refractivity contribution in [2.24, 2.45) is 5.92 Å². The van der Waals surface area contributed by atoms with Gasteiger partial charge in [-0.3, -0.25) is 9.59 Å². The van der Waals surface area contributed by atoms with E-state index in [0.717, 1.165) is 36.5 Å². The Morgan fingerprint density at radius 1 is 1.34 bits per heavy atom. The number of thiazole rings is 1. The summed E-state index contributed by atoms with van der Waals surface area (Å²) < 4.78 is 7.07. The third kappa shape index (κ3) is 4.16. The molecule has 0 aliphatic carbocycles. The zero-order valence-electron chi connectivity index (χ0n) is 17.1. The summed E-state index contributed by atoms with van der Waals surface area (Å²) in [4.78, 5) is 29.9. The maximum atomic E-state index is 12.5. The van der Waals surface area contributed by atoms with E-state index in [1.165, 1.54) is 11.3 Å². The summed E-state index contributed by atoms with van der Waals surface area (Å²) >= 11 is 1.34. The summed E-state index contributed by atoms with van der Waals surface area (Å²) in [5.74, 6) is 1.60. The van der Waals surface area contributed by atoms with Crippen LogP contribution in [0.1, 0.15) is 32.8 Å². The highest BCUT2D eigenvalue weighted by molar-refractivity contribution is 7.07. The number of rotatable bonds is 4. The van der Waals surface area contributed by atoms with E-state index in [4.69, 9.17) is 4.74 Å². The van der Waals surface area contributed by atoms with Gasteiger partial charge in [0.1, 0.15) is 17.0 Å². The number of anilines is 1. The van der Waals surface area contributed by atoms with Gasteiger partial charge in [0.05, 0.1) is 22.8 Å². The van der Waals surface area contributed by atoms with Crippen molar-refractivity contribution in [3.05, 3.63) is 43.3 Å². The number of aromatic nitrogens is 1. The Labute approximate surface area is 173 Å². The highest BCUT2D eigenvalue weighted by Gasteiger charge is 2.26. The minimum atomic E-state index is -0.194. The summed E-state index contributed by atoms with van der Waals surface area (Å²) in [6.45, 7) is 9.36. The lowest BCUT2D eigenvalue weighted by Gasteiger charge is -2.32. The molecule has 1 saturated heterocycles. The van der Waals surface area contributed by atoms with Crippen LogP contribution in [-0.4, -0.2) is 43.1 Å². The normalized spacial score (nSPS) is 21.7. The Bertz CT molecular complexity index is 1100. The van der Waals surface area contributed by atoms with Crippen LogP contribution in [0, 0.1) is 5.92 Å². The molecular weight excluding hydrogens is 386 g/mol. The maximum Gasteiger partial charge on any atom is 0.266 e. The molecule has 1 aromatic heterocycles. The van der Waals surface area contributed by atoms with Crippen molar-refractivity contribution in [1.29, 1.82) is 0 Å². The van der Waals surface area contributed by atoms with Gasteiger partial charge in [0.2, 0.25) is 0 Å². The SMILES string of the molecule is CC(C)CCN1CCOc2ccc(/C=c3\s/c(=C4\CNC(C)C4=O)[nH]c3=O)cc21. The molecular formula is C22H27N3O3S. The van der Waals surface area contributed by atoms with Gasteiger partial charge < -0.3 is 19.9 Å². The summed E-state index contributed by atoms with van der Waals surface area (Å²) in [5, 5.41) is 3.12. The van der Waals surface area contributed by atoms with Crippen molar-refractivity contribution in [1.82, 2.24) is 10.3 Å². The maximum absolute atomic E-state index is 12.5. The third-order valence-corrected chi connectivity index (χ3v) is 6.51. The largest absolute Gasteiger partial charge is 0.490 e. The average Bonchev–Trinajstić information content (AvgIpc) is 3.22. The van der Waals surface area contributed by atoms with E-state index in [-0.39, 0.29) is 17.4 Å². The molecule has 2 aromatic rings. The number of Topliss-reactive ketones (excluding diaryl/α,β-unsaturated/α-hetero) is 1. The fourth-order valence-corrected chi connectivity index (χ4v) is 4.64. The predicted octanol–water partition coefficient (Wildman–Crippen LogP) is 1.22. The molecule has 29 heavy (non-hydrogen) atoms. The van der Waals surface area contributed by atoms with Gasteiger partial charge in [-0.05, 0) is 43.0 Å². The lowest BCUT2D eigenvalue weighted by molar-refractivity contribution is -0.114. The number of benzene rings is 1. The molecule has 2 aliphatic rings. The molecule has 2 aliphatic heterocycles. The molecule has 0 saturated carbocycles. The van der Waals surface area contributed by atoms with E-state index >= 15 is 0 Å². The van der Waals surface area contributed by atoms with Gasteiger partial charge in [-0.2, -0.15) is 0 Å². The molecule has 7 heteroatoms. The molecule has 1 fully saturated rings. The molecule has 4 rings (SSSR count). The Hall–Kier alpha value is -2.38. The van der Waals surface area contributed by atoms with Crippen LogP contribution in [0.15, 0.2) is 23.0 Å². The number of hydrogen-bond donors (Lipinski definition) is 2. The molecule has 0 spiro atoms. The van der Waals surface area contributed by atoms with Crippen LogP contribution in [0.4, 0.5) is 5.69 Å². The minimum absolute atomic E-state index is 0.0563. The second kappa shape index (κ2) is 8.16. The van der Waals surface area contributed by atoms with Gasteiger partial charge in [0, 0.05) is 18.7 Å². The van der Waals surface area contributed by atoms with Gasteiger partial charge in [-0.1, -0.05) is 19.9 Å². The molecule has 154 valence electrons. The quantitative estimate of drug-likeness (QED) is 0.789. The van der Waals surface area contributed by atoms with Crippen molar-refractivity contribution in [2.75, 3.05) is 31.1 Å². The second-order valence-corrected chi connectivity index (χ2v) is 9.14. The molecule has 1 unspecified atom stereocenters. The number of nitrogens with one attached hydrogen (secondary N) is 2. The van der Waals surface area contributed by atoms with Gasteiger partial charge in [-0.15, -0.1) is 11.3 Å². The zero-order valence-corrected chi connectivity index (χ0v) is 17.9. The summed E-state index contributed by atoms with van der Waals surface area (Å²) in [6, 6.07) is 5.85. The Kier molecular flexibility index (Phi) is 5.61. The van der Waals surface area contributed by atoms with E-state index in [1.54, 1.807) is 0 Å². The number of nitrogens with zero attached hydrogens (tertiary/aromatic N) is 1. The first-order valence-electron chi connectivity index (χ1n) is 10.2. The molecule has 2 N–H and O–H groups in total. The monoisotopic (exact) mass is 413 g/mol. The molecule has 0 amide bonds. The number of carbonyl (C=O) groups excluding carboxylic acids is 1. The minimum Gasteiger partial charge on any atom is -0.490 e. The Morgan fingerprint density at radius 2 is 2.17 bits per heavy atom. The number of fused-ring (bicyclic) bond motifs is 1. The first-order chi connectivity index (χ1) is 13.9. The van der Waals surface area contributed by atoms with Gasteiger partial charge >= 0.3 is 0 Å². The topological polar surface area (TPSA) is 74.4 Å². The number of carbonyl (C=O) groups is 1. The first-order valence-corrected chi connectivity index (χ1v) is 11.0. The number of ketones is 1. The van der Waals surface area contributed by atoms with E-state index in [2.05, 4.69) is 35.1 Å². The first kappa shape index (κ1) is 19.9. The predicted molar refractivity (Wildman–Crippen MR) is 117 cm³/mol. The van der Waals surface area contributed by atoms with Crippen LogP contribution in [-0.2, 0) is 4.79 Å². The number of H-pyrrole nitrogens is 1. The molecule has 3 heterocycles. The standard InChI is InChI=1S/C22H27N3O3S/c1-13(2)6-7-25-8-9-28-18-5-4-15(10-17(18)25)11-19-21(27)24-22(29-19)16-12-23-14(3)20(16)26/h4-5,10-11,13-14,23H,6-9,12H2,1-3H3,(H,24,27)/b19-11-,22-16+. The molecule has 0 bridgehead atoms. The van der Waals surface area contributed by atoms with Crippen molar-refractivity contribution in [3.8, 4) is 5.75 Å². The summed E-state index contributed by atoms with van der Waals surface area (Å²) in [5.41, 5.74) is 2.54. The smallest absolute Gasteiger partial charge is 0.266 e. The van der Waals surface area contributed by atoms with Gasteiger partial charge in [0.25, 0.3) is 5.56 Å². The Morgan fingerprint density at radius 3 is 2.90 bits per heavy atom. The van der Waals surface area contributed by atoms with Gasteiger partial charge in [0.15, 0.2) is 5.78 Å². The van der Waals surface area contributed by atoms with Gasteiger partial charge in [-0.25, -0.2) is 0 Å². The highest BCUT2D eigenvalue weighted by Crippen LogP contribution is 2.33. The highest BCUT2D eigenvalue weighted by atomic mass is 32.1. The zero-order chi connectivity index (χ0) is 20.5. The fourth-order valence-electron chi connectivity index (χ4n) is 3.64. The summed E-state index contributed by atoms with van der Waals surface area (Å²) in [6.07, 6.45) is 3.01. The van der Waals surface area contributed by atoms with Crippen molar-refractivity contribution in [3.63, 3.8) is 0 Å². The lowest BCUT2D eigenvalue weighted by Crippen LogP contribution is -2.34. The third-order valence-electron chi connectivity index (χ3n) is 5.43. The van der Waals surface area contributed by atoms with Crippen LogP contribution in [0.5, 0.6) is 5.75 Å². The van der Waals surface area contributed by atoms with E-state index in [9.17, 15) is 9.59 Å². The summed E-state index contributed by atoms with van der Waals surface area (Å²) in [7, 11) is 0. The van der Waals surface area contributed by atoms with Crippen LogP contribution < -0.4 is 29.7 Å². The Balaban J connectivity index is 1.70. The molecule has 1 aromatic carbocycles. The number of aromatic amines is 1. The van der Waals surface area contributed by atoms with Crippen molar-refractivity contribution >= 4 is 34.5 Å². The van der Waals surface area contributed by atoms with E-state index in [0.29, 0.717) is 33.8 Å². The van der Waals surface area contributed by atoms with Crippen LogP contribution in [0.2, 0.25) is 0 Å². The van der Waals surface area contributed by atoms with Crippen molar-refractivity contribution in [2.45, 2.75) is 33.2 Å². The lowest BCUT2D eigenvalue weighted by atomic mass is 10.1. The number of ether oxygens (including phenoxy) is 1. The second-order valence-electron chi connectivity index (χ2n) is 8.08. The van der Waals surface area contributed by atoms with Crippen LogP contribution >= 0.6 is 11.3 Å². The van der Waals surface area contributed by atoms with Crippen LogP contribution in [0.3, 0.4) is 0 Å². The van der Waals surface area contributed by atoms with Crippen LogP contribution in [0.25, 0.3) is 11.6 Å². The molecule has 6 nitrogen and oxygen atoms in total. The number of hydrogen-bond acceptors (Lipinski definition) is 6. The van der Waals surface area contributed by atoms with E-state index < -0.39 is 0 Å². The average molecular weight is 414 g/mol. The molecule has 1 atom stereocenters.